The van der Waals surface area contributed by atoms with Gasteiger partial charge in [-0.3, -0.25) is 30.0 Å². The van der Waals surface area contributed by atoms with Crippen LogP contribution in [0.3, 0.4) is 0 Å². The number of benzene rings is 6. The number of guanidine groups is 6. The molecule has 0 unspecified atom stereocenters. The summed E-state index contributed by atoms with van der Waals surface area (Å²) in [5.41, 5.74) is 20.1. The molecule has 0 atom stereocenters. The number of rotatable bonds is 8. The topological polar surface area (TPSA) is 380 Å². The summed E-state index contributed by atoms with van der Waals surface area (Å²) < 4.78 is 4.10. The van der Waals surface area contributed by atoms with Gasteiger partial charge in [0.2, 0.25) is 0 Å². The number of H-pyrrole nitrogens is 5. The molecule has 0 saturated heterocycles. The molecule has 12 heterocycles. The number of nitrogens with zero attached hydrogens (tertiary/aromatic N) is 13. The van der Waals surface area contributed by atoms with Crippen molar-refractivity contribution in [1.82, 2.24) is 91.3 Å². The van der Waals surface area contributed by atoms with E-state index >= 15 is 0 Å². The Labute approximate surface area is 602 Å². The summed E-state index contributed by atoms with van der Waals surface area (Å²) >= 11 is 13.4. The van der Waals surface area contributed by atoms with E-state index in [0.717, 1.165) is 235 Å². The van der Waals surface area contributed by atoms with Crippen LogP contribution in [0.4, 0.5) is 34.1 Å². The summed E-state index contributed by atoms with van der Waals surface area (Å²) in [6, 6.07) is 26.6. The van der Waals surface area contributed by atoms with E-state index in [1.165, 1.54) is 5.52 Å². The van der Waals surface area contributed by atoms with Gasteiger partial charge in [-0.1, -0.05) is 25.4 Å². The standard InChI is InChI=1S/C14H19N5.C13H16BrN5.C11H13N5.C10H10BrN5.C10H10ClN5.C10H11N5/c1-9(2)19-8-17-13-10(3)11(4-5-12(13)19)18-14-15-6-7-16-14;1-7(2)12-17-9-4-3-8(10(14)11(9)19-12)18-13-15-5-6-16-13;1-7-8(16-11-12-4-5-13-11)2-3-9-10(7)15-6-14-9;2*11-8-6(16-10-12-3-4-13-10)1-2-7-9(8)15-5-14-7;1-2-8-9(14-6-13-8)5-7(1)15-10-11-3-4-12-10/h4-5,8-9H,6-7H2,1-3H3,(H2,15,16,18);3-4,7H,5-6H2,1-2H3,(H,17,19)(H2,15,16,18);2-3,6H,4-5H2,1H3,(H,14,15)(H2,12,13,16);2*1-2,5H,3-4H2,(H,14,15)(H2,12,13,16);1-2,5-6H,3-4H2,(H,13,14)(H2,11,12,15). The van der Waals surface area contributed by atoms with Gasteiger partial charge in [0.15, 0.2) is 35.8 Å². The summed E-state index contributed by atoms with van der Waals surface area (Å²) in [6.07, 6.45) is 8.64. The molecular formula is C68H79Br2ClN30. The third-order valence-electron chi connectivity index (χ3n) is 16.6. The highest BCUT2D eigenvalue weighted by atomic mass is 79.9. The number of imidazole rings is 6. The molecule has 6 aliphatic rings. The van der Waals surface area contributed by atoms with Crippen LogP contribution < -0.4 is 63.8 Å². The zero-order valence-electron chi connectivity index (χ0n) is 56.5. The smallest absolute Gasteiger partial charge is 0.195 e. The fourth-order valence-electron chi connectivity index (χ4n) is 11.3. The molecule has 6 aromatic carbocycles. The van der Waals surface area contributed by atoms with Crippen molar-refractivity contribution in [1.29, 1.82) is 0 Å². The van der Waals surface area contributed by atoms with Crippen molar-refractivity contribution >= 4 is 180 Å². The first kappa shape index (κ1) is 68.5. The van der Waals surface area contributed by atoms with Gasteiger partial charge in [0.25, 0.3) is 0 Å². The lowest BCUT2D eigenvalue weighted by molar-refractivity contribution is 0.617. The fraction of sp³-hybridized carbons (Fsp3) is 0.294. The van der Waals surface area contributed by atoms with E-state index in [0.29, 0.717) is 17.0 Å². The van der Waals surface area contributed by atoms with E-state index in [4.69, 9.17) is 11.6 Å². The lowest BCUT2D eigenvalue weighted by Crippen LogP contribution is -2.26. The minimum atomic E-state index is 0.386. The molecule has 0 aliphatic carbocycles. The number of aryl methyl sites for hydroxylation is 2. The third-order valence-corrected chi connectivity index (χ3v) is 18.6. The molecule has 6 aliphatic heterocycles. The van der Waals surface area contributed by atoms with E-state index in [9.17, 15) is 0 Å². The van der Waals surface area contributed by atoms with Gasteiger partial charge in [-0.25, -0.2) is 29.9 Å². The van der Waals surface area contributed by atoms with Crippen LogP contribution >= 0.6 is 43.5 Å². The highest BCUT2D eigenvalue weighted by molar-refractivity contribution is 9.11. The number of nitrogens with one attached hydrogen (secondary N) is 17. The predicted molar refractivity (Wildman–Crippen MR) is 418 cm³/mol. The molecule has 0 amide bonds. The van der Waals surface area contributed by atoms with Crippen LogP contribution in [0.25, 0.3) is 66.2 Å². The Bertz CT molecular complexity index is 4820. The normalized spacial score (nSPS) is 14.9. The van der Waals surface area contributed by atoms with Crippen molar-refractivity contribution in [3.63, 3.8) is 0 Å². The zero-order chi connectivity index (χ0) is 69.8. The van der Waals surface area contributed by atoms with Crippen molar-refractivity contribution in [3.05, 3.63) is 141 Å². The van der Waals surface area contributed by atoms with E-state index in [-0.39, 0.29) is 0 Å². The Morgan fingerprint density at radius 3 is 1.36 bits per heavy atom. The first-order valence-corrected chi connectivity index (χ1v) is 35.3. The second kappa shape index (κ2) is 31.9. The minimum absolute atomic E-state index is 0.386. The summed E-state index contributed by atoms with van der Waals surface area (Å²) in [5, 5.41) is 39.1. The number of halogens is 3. The molecule has 18 rings (SSSR count). The molecule has 6 aromatic heterocycles. The molecule has 0 bridgehead atoms. The second-order valence-electron chi connectivity index (χ2n) is 24.3. The predicted octanol–water partition coefficient (Wildman–Crippen LogP) is 10.6. The van der Waals surface area contributed by atoms with Gasteiger partial charge in [-0.2, -0.15) is 0 Å². The maximum atomic E-state index is 6.23. The number of fused-ring (bicyclic) bond motifs is 6. The van der Waals surface area contributed by atoms with Gasteiger partial charge in [0.1, 0.15) is 22.4 Å². The largest absolute Gasteiger partial charge is 0.354 e. The van der Waals surface area contributed by atoms with Crippen LogP contribution in [0, 0.1) is 13.8 Å². The lowest BCUT2D eigenvalue weighted by atomic mass is 10.1. The molecule has 0 fully saturated rings. The van der Waals surface area contributed by atoms with Gasteiger partial charge in [-0.15, -0.1) is 0 Å². The van der Waals surface area contributed by atoms with Gasteiger partial charge in [0, 0.05) is 79.4 Å². The van der Waals surface area contributed by atoms with Crippen LogP contribution in [0.15, 0.2) is 149 Å². The fourth-order valence-corrected chi connectivity index (χ4v) is 12.7. The maximum absolute atomic E-state index is 6.23. The van der Waals surface area contributed by atoms with Crippen LogP contribution in [-0.2, 0) is 0 Å². The molecular weight excluding hydrogens is 1430 g/mol. The lowest BCUT2D eigenvalue weighted by Gasteiger charge is -2.12. The van der Waals surface area contributed by atoms with Gasteiger partial charge in [0.05, 0.1) is 152 Å². The number of aromatic nitrogens is 12. The molecule has 0 radical (unpaired) electrons. The van der Waals surface area contributed by atoms with Crippen LogP contribution in [0.1, 0.15) is 56.6 Å². The highest BCUT2D eigenvalue weighted by Gasteiger charge is 2.18. The molecule has 522 valence electrons. The van der Waals surface area contributed by atoms with Gasteiger partial charge < -0.3 is 93.3 Å². The Morgan fingerprint density at radius 2 is 0.832 bits per heavy atom. The summed E-state index contributed by atoms with van der Waals surface area (Å²) in [7, 11) is 0. The average Bonchev–Trinajstić information content (AvgIpc) is 1.67. The molecule has 0 spiro atoms. The van der Waals surface area contributed by atoms with Crippen molar-refractivity contribution in [2.45, 2.75) is 53.5 Å². The molecule has 101 heavy (non-hydrogen) atoms. The monoisotopic (exact) mass is 1510 g/mol. The Balaban J connectivity index is 0.000000109. The summed E-state index contributed by atoms with van der Waals surface area (Å²) in [4.78, 5) is 67.4. The van der Waals surface area contributed by atoms with Crippen molar-refractivity contribution in [2.75, 3.05) is 110 Å². The van der Waals surface area contributed by atoms with Crippen molar-refractivity contribution < 1.29 is 0 Å². The number of hydrogen-bond donors (Lipinski definition) is 17. The maximum Gasteiger partial charge on any atom is 0.195 e. The summed E-state index contributed by atoms with van der Waals surface area (Å²) in [5.74, 6) is 6.32. The van der Waals surface area contributed by atoms with Crippen molar-refractivity contribution in [2.24, 2.45) is 30.0 Å². The molecule has 30 nitrogen and oxygen atoms in total. The molecule has 12 aromatic rings. The van der Waals surface area contributed by atoms with Crippen LogP contribution in [0.5, 0.6) is 0 Å². The SMILES string of the molecule is Brc1c(NC2=NCCN2)ccc2[nH]cnc12.CC(C)c1nc2c(Br)c(NC3=NCCN3)ccc2[nH]1.Cc1c(NC2=NCCN2)ccc2[nH]cnc12.Cc1c(NC2=NCCN2)ccc2c1ncn2C(C)C.Clc1c(NC2=NCCN2)ccc2[nH]cnc12.c1nc2ccc(NC3=NCCN3)cc2[nH]1. The number of hydrogen-bond acceptors (Lipinski definition) is 24. The Hall–Kier alpha value is -11.0. The van der Waals surface area contributed by atoms with E-state index < -0.39 is 0 Å². The van der Waals surface area contributed by atoms with Crippen LogP contribution in [-0.4, -0.2) is 174 Å². The van der Waals surface area contributed by atoms with Crippen LogP contribution in [0.2, 0.25) is 5.02 Å². The van der Waals surface area contributed by atoms with E-state index in [1.54, 1.807) is 25.3 Å². The Kier molecular flexibility index (Phi) is 21.6. The molecule has 0 saturated carbocycles. The zero-order valence-corrected chi connectivity index (χ0v) is 60.4. The van der Waals surface area contributed by atoms with Crippen molar-refractivity contribution in [3.8, 4) is 0 Å². The number of aromatic amines is 5. The van der Waals surface area contributed by atoms with Gasteiger partial charge in [-0.05, 0) is 138 Å². The second-order valence-corrected chi connectivity index (χ2v) is 26.2. The summed E-state index contributed by atoms with van der Waals surface area (Å²) in [6.45, 7) is 23.1. The minimum Gasteiger partial charge on any atom is -0.354 e. The first-order valence-electron chi connectivity index (χ1n) is 33.3. The quantitative estimate of drug-likeness (QED) is 0.0672. The van der Waals surface area contributed by atoms with E-state index in [2.05, 4.69) is 239 Å². The van der Waals surface area contributed by atoms with E-state index in [1.807, 2.05) is 73.1 Å². The molecule has 17 N–H and O–H groups in total. The first-order chi connectivity index (χ1) is 49.3. The molecule has 33 heteroatoms. The highest BCUT2D eigenvalue weighted by Crippen LogP contribution is 2.34. The average molecular weight is 1510 g/mol. The van der Waals surface area contributed by atoms with Gasteiger partial charge >= 0.3 is 0 Å². The Morgan fingerprint density at radius 1 is 0.416 bits per heavy atom. The third kappa shape index (κ3) is 16.5. The number of aliphatic imine (C=N–C) groups is 6. The number of anilines is 6.